The summed E-state index contributed by atoms with van der Waals surface area (Å²) in [6.07, 6.45) is 0.688. The van der Waals surface area contributed by atoms with E-state index in [4.69, 9.17) is 15.3 Å². The number of nitrogens with zero attached hydrogens (tertiary/aromatic N) is 4. The second-order valence-electron chi connectivity index (χ2n) is 4.00. The van der Waals surface area contributed by atoms with Gasteiger partial charge in [0.25, 0.3) is 0 Å². The minimum absolute atomic E-state index is 0.100. The largest absolute Gasteiger partial charge is 0.360 e. The maximum atomic E-state index is 8.95. The van der Waals surface area contributed by atoms with E-state index < -0.39 is 0 Å². The second kappa shape index (κ2) is 4.98. The zero-order valence-corrected chi connectivity index (χ0v) is 10.1. The first kappa shape index (κ1) is 12.5. The van der Waals surface area contributed by atoms with Gasteiger partial charge in [-0.2, -0.15) is 10.5 Å². The Morgan fingerprint density at radius 2 is 2.00 bits per heavy atom. The molecular weight excluding hydrogens is 204 g/mol. The van der Waals surface area contributed by atoms with Crippen molar-refractivity contribution in [2.75, 3.05) is 21.2 Å². The molecule has 0 aliphatic carbocycles. The van der Waals surface area contributed by atoms with Crippen LogP contribution in [0, 0.1) is 28.6 Å². The van der Waals surface area contributed by atoms with Gasteiger partial charge >= 0.3 is 0 Å². The highest BCUT2D eigenvalue weighted by Gasteiger charge is 2.37. The highest BCUT2D eigenvalue weighted by Crippen LogP contribution is 2.35. The molecule has 16 heavy (non-hydrogen) atoms. The van der Waals surface area contributed by atoms with E-state index in [-0.39, 0.29) is 17.7 Å². The quantitative estimate of drug-likeness (QED) is 0.651. The predicted molar refractivity (Wildman–Crippen MR) is 58.4 cm³/mol. The summed E-state index contributed by atoms with van der Waals surface area (Å²) >= 11 is 0. The summed E-state index contributed by atoms with van der Waals surface area (Å²) in [5, 5.41) is 21.6. The number of methoxy groups -OCH3 is 1. The molecule has 0 spiro atoms. The highest BCUT2D eigenvalue weighted by molar-refractivity contribution is 5.41. The predicted octanol–water partition coefficient (Wildman–Crippen LogP) is 1.08. The average molecular weight is 220 g/mol. The zero-order chi connectivity index (χ0) is 12.3. The number of nitriles is 2. The maximum absolute atomic E-state index is 8.95. The lowest BCUT2D eigenvalue weighted by molar-refractivity contribution is -0.0882. The molecule has 2 atom stereocenters. The molecule has 1 aliphatic rings. The third-order valence-electron chi connectivity index (χ3n) is 2.72. The minimum atomic E-state index is -0.100. The molecule has 2 unspecified atom stereocenters. The number of rotatable bonds is 2. The van der Waals surface area contributed by atoms with Gasteiger partial charge in [-0.05, 0) is 0 Å². The van der Waals surface area contributed by atoms with Gasteiger partial charge in [0.2, 0.25) is 0 Å². The standard InChI is InChI=1S/C11H16N4O/c1-8-5-10(16-4)15(14(2)3)11(8)9(6-12)7-13/h8,10H,5H2,1-4H3. The van der Waals surface area contributed by atoms with Crippen LogP contribution in [0.3, 0.4) is 0 Å². The van der Waals surface area contributed by atoms with Crippen molar-refractivity contribution in [2.45, 2.75) is 19.6 Å². The van der Waals surface area contributed by atoms with Gasteiger partial charge < -0.3 is 4.74 Å². The summed E-state index contributed by atoms with van der Waals surface area (Å²) in [7, 11) is 5.38. The molecule has 0 radical (unpaired) electrons. The van der Waals surface area contributed by atoms with E-state index in [0.29, 0.717) is 0 Å². The average Bonchev–Trinajstić information content (AvgIpc) is 2.58. The number of allylic oxidation sites excluding steroid dienone is 2. The molecular formula is C11H16N4O. The molecule has 1 aliphatic heterocycles. The smallest absolute Gasteiger partial charge is 0.150 e. The van der Waals surface area contributed by atoms with Gasteiger partial charge in [0.05, 0.1) is 5.70 Å². The molecule has 86 valence electrons. The van der Waals surface area contributed by atoms with Crippen molar-refractivity contribution in [3.63, 3.8) is 0 Å². The van der Waals surface area contributed by atoms with E-state index in [1.807, 2.05) is 43.2 Å². The first-order chi connectivity index (χ1) is 7.56. The van der Waals surface area contributed by atoms with Crippen LogP contribution in [0.4, 0.5) is 0 Å². The van der Waals surface area contributed by atoms with Crippen LogP contribution in [0.15, 0.2) is 11.3 Å². The van der Waals surface area contributed by atoms with Gasteiger partial charge in [-0.3, -0.25) is 5.01 Å². The molecule has 1 fully saturated rings. The van der Waals surface area contributed by atoms with Gasteiger partial charge in [0.1, 0.15) is 18.4 Å². The van der Waals surface area contributed by atoms with Crippen molar-refractivity contribution in [3.05, 3.63) is 11.3 Å². The molecule has 0 amide bonds. The van der Waals surface area contributed by atoms with Crippen molar-refractivity contribution in [2.24, 2.45) is 5.92 Å². The van der Waals surface area contributed by atoms with Crippen LogP contribution in [0.25, 0.3) is 0 Å². The Kier molecular flexibility index (Phi) is 3.89. The van der Waals surface area contributed by atoms with Crippen LogP contribution in [0.1, 0.15) is 13.3 Å². The summed E-state index contributed by atoms with van der Waals surface area (Å²) in [5.41, 5.74) is 0.919. The molecule has 0 bridgehead atoms. The van der Waals surface area contributed by atoms with Crippen LogP contribution >= 0.6 is 0 Å². The van der Waals surface area contributed by atoms with E-state index in [0.717, 1.165) is 12.1 Å². The minimum Gasteiger partial charge on any atom is -0.360 e. The van der Waals surface area contributed by atoms with Gasteiger partial charge in [-0.1, -0.05) is 6.92 Å². The monoisotopic (exact) mass is 220 g/mol. The lowest BCUT2D eigenvalue weighted by atomic mass is 10.0. The SMILES string of the molecule is COC1CC(C)C(=C(C#N)C#N)N1N(C)C. The summed E-state index contributed by atoms with van der Waals surface area (Å²) in [6.45, 7) is 2.00. The van der Waals surface area contributed by atoms with Crippen LogP contribution < -0.4 is 0 Å². The van der Waals surface area contributed by atoms with Crippen LogP contribution in [0.5, 0.6) is 0 Å². The number of hydrogen-bond donors (Lipinski definition) is 0. The molecule has 0 saturated carbocycles. The Morgan fingerprint density at radius 1 is 1.44 bits per heavy atom. The van der Waals surface area contributed by atoms with Crippen LogP contribution in [-0.2, 0) is 4.74 Å². The molecule has 5 heteroatoms. The van der Waals surface area contributed by atoms with E-state index in [2.05, 4.69) is 0 Å². The zero-order valence-electron chi connectivity index (χ0n) is 10.1. The van der Waals surface area contributed by atoms with Crippen molar-refractivity contribution >= 4 is 0 Å². The molecule has 1 heterocycles. The maximum Gasteiger partial charge on any atom is 0.150 e. The number of hydrogen-bond acceptors (Lipinski definition) is 5. The van der Waals surface area contributed by atoms with Crippen molar-refractivity contribution in [1.29, 1.82) is 10.5 Å². The van der Waals surface area contributed by atoms with Crippen LogP contribution in [0.2, 0.25) is 0 Å². The highest BCUT2D eigenvalue weighted by atomic mass is 16.5. The first-order valence-corrected chi connectivity index (χ1v) is 5.10. The molecule has 1 rings (SSSR count). The lowest BCUT2D eigenvalue weighted by Gasteiger charge is -2.32. The molecule has 0 N–H and O–H groups in total. The Labute approximate surface area is 96.1 Å². The van der Waals surface area contributed by atoms with Crippen molar-refractivity contribution in [3.8, 4) is 12.1 Å². The van der Waals surface area contributed by atoms with Gasteiger partial charge in [0.15, 0.2) is 5.57 Å². The molecule has 1 saturated heterocycles. The Hall–Kier alpha value is -1.56. The fourth-order valence-corrected chi connectivity index (χ4v) is 2.06. The Bertz CT molecular complexity index is 358. The Morgan fingerprint density at radius 3 is 2.38 bits per heavy atom. The fraction of sp³-hybridized carbons (Fsp3) is 0.636. The summed E-state index contributed by atoms with van der Waals surface area (Å²) in [4.78, 5) is 0. The van der Waals surface area contributed by atoms with E-state index in [9.17, 15) is 0 Å². The van der Waals surface area contributed by atoms with Crippen LogP contribution in [-0.4, -0.2) is 37.5 Å². The summed E-state index contributed by atoms with van der Waals surface area (Å²) in [5.74, 6) is 0.154. The summed E-state index contributed by atoms with van der Waals surface area (Å²) in [6, 6.07) is 3.90. The molecule has 0 aromatic rings. The normalized spacial score (nSPS) is 24.4. The van der Waals surface area contributed by atoms with Crippen molar-refractivity contribution < 1.29 is 4.74 Å². The number of ether oxygens (including phenoxy) is 1. The molecule has 5 nitrogen and oxygen atoms in total. The second-order valence-corrected chi connectivity index (χ2v) is 4.00. The van der Waals surface area contributed by atoms with E-state index in [1.165, 1.54) is 0 Å². The molecule has 0 aromatic heterocycles. The Balaban J connectivity index is 3.22. The lowest BCUT2D eigenvalue weighted by Crippen LogP contribution is -2.41. The first-order valence-electron chi connectivity index (χ1n) is 5.10. The van der Waals surface area contributed by atoms with Gasteiger partial charge in [-0.15, -0.1) is 0 Å². The van der Waals surface area contributed by atoms with Gasteiger partial charge in [-0.25, -0.2) is 5.01 Å². The summed E-state index contributed by atoms with van der Waals surface area (Å²) < 4.78 is 5.36. The van der Waals surface area contributed by atoms with E-state index in [1.54, 1.807) is 7.11 Å². The third kappa shape index (κ3) is 2.01. The fourth-order valence-electron chi connectivity index (χ4n) is 2.06. The molecule has 0 aromatic carbocycles. The van der Waals surface area contributed by atoms with Gasteiger partial charge in [0, 0.05) is 33.5 Å². The number of hydrazine groups is 1. The third-order valence-corrected chi connectivity index (χ3v) is 2.72. The van der Waals surface area contributed by atoms with E-state index >= 15 is 0 Å². The van der Waals surface area contributed by atoms with Crippen molar-refractivity contribution in [1.82, 2.24) is 10.0 Å². The topological polar surface area (TPSA) is 63.3 Å².